The highest BCUT2D eigenvalue weighted by Gasteiger charge is 2.33. The van der Waals surface area contributed by atoms with Crippen LogP contribution >= 0.6 is 0 Å². The number of phenolic OH excluding ortho intramolecular Hbond substituents is 1. The van der Waals surface area contributed by atoms with E-state index in [-0.39, 0.29) is 16.7 Å². The summed E-state index contributed by atoms with van der Waals surface area (Å²) in [5.74, 6) is -0.188. The second-order valence-corrected chi connectivity index (χ2v) is 3.65. The maximum absolute atomic E-state index is 12.7. The van der Waals surface area contributed by atoms with Crippen molar-refractivity contribution in [3.8, 4) is 5.75 Å². The Kier molecular flexibility index (Phi) is 2.38. The van der Waals surface area contributed by atoms with E-state index in [1.165, 1.54) is 7.05 Å². The lowest BCUT2D eigenvalue weighted by Gasteiger charge is -2.12. The Morgan fingerprint density at radius 3 is 2.47 bits per heavy atom. The van der Waals surface area contributed by atoms with E-state index in [4.69, 9.17) is 0 Å². The summed E-state index contributed by atoms with van der Waals surface area (Å²) >= 11 is 0. The standard InChI is InChI=1S/C11H8F3NO2/c1-15-9-4-6(16)2-3-7(9)8(5-10(15)17)11(12,13)14/h2-5,16H,1H3. The Hall–Kier alpha value is -1.98. The molecule has 0 aliphatic rings. The van der Waals surface area contributed by atoms with E-state index in [1.807, 2.05) is 0 Å². The third kappa shape index (κ3) is 1.86. The maximum Gasteiger partial charge on any atom is 0.417 e. The zero-order valence-corrected chi connectivity index (χ0v) is 8.75. The van der Waals surface area contributed by atoms with E-state index >= 15 is 0 Å². The molecule has 3 nitrogen and oxygen atoms in total. The molecule has 1 heterocycles. The zero-order chi connectivity index (χ0) is 12.8. The molecule has 2 aromatic rings. The van der Waals surface area contributed by atoms with Crippen LogP contribution in [0.2, 0.25) is 0 Å². The number of hydrogen-bond acceptors (Lipinski definition) is 2. The van der Waals surface area contributed by atoms with Crippen LogP contribution in [0.4, 0.5) is 13.2 Å². The molecule has 0 saturated carbocycles. The van der Waals surface area contributed by atoms with Crippen LogP contribution in [0.1, 0.15) is 5.56 Å². The number of alkyl halides is 3. The van der Waals surface area contributed by atoms with Crippen molar-refractivity contribution in [3.05, 3.63) is 40.2 Å². The highest BCUT2D eigenvalue weighted by atomic mass is 19.4. The van der Waals surface area contributed by atoms with Crippen molar-refractivity contribution in [2.45, 2.75) is 6.18 Å². The molecule has 1 N–H and O–H groups in total. The van der Waals surface area contributed by atoms with Gasteiger partial charge in [-0.2, -0.15) is 13.2 Å². The molecule has 0 radical (unpaired) electrons. The van der Waals surface area contributed by atoms with E-state index in [0.717, 1.165) is 22.8 Å². The number of rotatable bonds is 0. The number of phenols is 1. The average molecular weight is 243 g/mol. The van der Waals surface area contributed by atoms with Crippen LogP contribution in [0.3, 0.4) is 0 Å². The molecular weight excluding hydrogens is 235 g/mol. The van der Waals surface area contributed by atoms with Crippen molar-refractivity contribution in [2.24, 2.45) is 7.05 Å². The first kappa shape index (κ1) is 11.5. The number of aromatic nitrogens is 1. The van der Waals surface area contributed by atoms with Crippen molar-refractivity contribution in [1.29, 1.82) is 0 Å². The van der Waals surface area contributed by atoms with Gasteiger partial charge in [0.1, 0.15) is 5.75 Å². The topological polar surface area (TPSA) is 42.2 Å². The zero-order valence-electron chi connectivity index (χ0n) is 8.75. The normalized spacial score (nSPS) is 12.0. The van der Waals surface area contributed by atoms with Crippen molar-refractivity contribution in [2.75, 3.05) is 0 Å². The highest BCUT2D eigenvalue weighted by molar-refractivity contribution is 5.84. The number of aryl methyl sites for hydroxylation is 1. The second kappa shape index (κ2) is 3.51. The van der Waals surface area contributed by atoms with Crippen molar-refractivity contribution < 1.29 is 18.3 Å². The van der Waals surface area contributed by atoms with Gasteiger partial charge in [-0.1, -0.05) is 0 Å². The van der Waals surface area contributed by atoms with E-state index in [1.54, 1.807) is 0 Å². The van der Waals surface area contributed by atoms with Gasteiger partial charge in [-0.15, -0.1) is 0 Å². The van der Waals surface area contributed by atoms with Crippen molar-refractivity contribution >= 4 is 10.9 Å². The molecule has 2 rings (SSSR count). The molecule has 0 amide bonds. The minimum Gasteiger partial charge on any atom is -0.508 e. The molecule has 1 aromatic heterocycles. The van der Waals surface area contributed by atoms with Crippen molar-refractivity contribution in [1.82, 2.24) is 4.57 Å². The Labute approximate surface area is 93.7 Å². The number of benzene rings is 1. The van der Waals surface area contributed by atoms with Gasteiger partial charge < -0.3 is 9.67 Å². The van der Waals surface area contributed by atoms with Crippen LogP contribution < -0.4 is 5.56 Å². The molecule has 1 aromatic carbocycles. The van der Waals surface area contributed by atoms with Gasteiger partial charge in [-0.05, 0) is 12.1 Å². The third-order valence-electron chi connectivity index (χ3n) is 2.54. The monoisotopic (exact) mass is 243 g/mol. The number of nitrogens with zero attached hydrogens (tertiary/aromatic N) is 1. The summed E-state index contributed by atoms with van der Waals surface area (Å²) in [6, 6.07) is 3.99. The van der Waals surface area contributed by atoms with E-state index in [0.29, 0.717) is 6.07 Å². The molecular formula is C11H8F3NO2. The number of pyridine rings is 1. The maximum atomic E-state index is 12.7. The molecule has 0 bridgehead atoms. The fraction of sp³-hybridized carbons (Fsp3) is 0.182. The average Bonchev–Trinajstić information content (AvgIpc) is 2.22. The van der Waals surface area contributed by atoms with Gasteiger partial charge in [0.05, 0.1) is 11.1 Å². The van der Waals surface area contributed by atoms with Crippen LogP contribution in [0, 0.1) is 0 Å². The lowest BCUT2D eigenvalue weighted by atomic mass is 10.1. The minimum atomic E-state index is -4.59. The van der Waals surface area contributed by atoms with Crippen LogP contribution in [0.15, 0.2) is 29.1 Å². The van der Waals surface area contributed by atoms with E-state index in [2.05, 4.69) is 0 Å². The predicted molar refractivity (Wildman–Crippen MR) is 55.9 cm³/mol. The summed E-state index contributed by atoms with van der Waals surface area (Å²) in [4.78, 5) is 11.4. The third-order valence-corrected chi connectivity index (χ3v) is 2.54. The first-order valence-corrected chi connectivity index (χ1v) is 4.70. The molecule has 0 unspecified atom stereocenters. The summed E-state index contributed by atoms with van der Waals surface area (Å²) in [5, 5.41) is 9.13. The molecule has 6 heteroatoms. The Morgan fingerprint density at radius 2 is 1.88 bits per heavy atom. The van der Waals surface area contributed by atoms with E-state index in [9.17, 15) is 23.1 Å². The molecule has 0 aliphatic heterocycles. The first-order valence-electron chi connectivity index (χ1n) is 4.70. The molecule has 0 atom stereocenters. The fourth-order valence-electron chi connectivity index (χ4n) is 1.68. The Balaban J connectivity index is 2.97. The molecule has 0 saturated heterocycles. The largest absolute Gasteiger partial charge is 0.508 e. The highest BCUT2D eigenvalue weighted by Crippen LogP contribution is 2.34. The number of hydrogen-bond donors (Lipinski definition) is 1. The SMILES string of the molecule is Cn1c(=O)cc(C(F)(F)F)c2ccc(O)cc21. The second-order valence-electron chi connectivity index (χ2n) is 3.65. The molecule has 0 spiro atoms. The van der Waals surface area contributed by atoms with E-state index < -0.39 is 17.3 Å². The summed E-state index contributed by atoms with van der Waals surface area (Å²) in [6.07, 6.45) is -4.59. The molecule has 0 aliphatic carbocycles. The van der Waals surface area contributed by atoms with Gasteiger partial charge in [-0.25, -0.2) is 0 Å². The lowest BCUT2D eigenvalue weighted by molar-refractivity contribution is -0.136. The molecule has 17 heavy (non-hydrogen) atoms. The minimum absolute atomic E-state index is 0.0461. The summed E-state index contributed by atoms with van der Waals surface area (Å²) in [5.41, 5.74) is -1.71. The number of aromatic hydroxyl groups is 1. The molecule has 90 valence electrons. The Bertz CT molecular complexity index is 643. The predicted octanol–water partition coefficient (Wildman–Crippen LogP) is 2.26. The van der Waals surface area contributed by atoms with Gasteiger partial charge in [-0.3, -0.25) is 4.79 Å². The molecule has 0 fully saturated rings. The quantitative estimate of drug-likeness (QED) is 0.771. The fourth-order valence-corrected chi connectivity index (χ4v) is 1.68. The van der Waals surface area contributed by atoms with Crippen LogP contribution in [-0.4, -0.2) is 9.67 Å². The smallest absolute Gasteiger partial charge is 0.417 e. The Morgan fingerprint density at radius 1 is 1.24 bits per heavy atom. The van der Waals surface area contributed by atoms with Gasteiger partial charge >= 0.3 is 6.18 Å². The van der Waals surface area contributed by atoms with Crippen LogP contribution in [0.25, 0.3) is 10.9 Å². The number of halogens is 3. The summed E-state index contributed by atoms with van der Waals surface area (Å²) in [7, 11) is 1.35. The lowest BCUT2D eigenvalue weighted by Crippen LogP contribution is -2.20. The summed E-state index contributed by atoms with van der Waals surface area (Å²) in [6.45, 7) is 0. The van der Waals surface area contributed by atoms with Crippen LogP contribution in [0.5, 0.6) is 5.75 Å². The van der Waals surface area contributed by atoms with Gasteiger partial charge in [0.2, 0.25) is 0 Å². The van der Waals surface area contributed by atoms with Crippen molar-refractivity contribution in [3.63, 3.8) is 0 Å². The van der Waals surface area contributed by atoms with Crippen LogP contribution in [-0.2, 0) is 13.2 Å². The van der Waals surface area contributed by atoms with Gasteiger partial charge in [0, 0.05) is 24.6 Å². The number of fused-ring (bicyclic) bond motifs is 1. The van der Waals surface area contributed by atoms with Gasteiger partial charge in [0.15, 0.2) is 0 Å². The summed E-state index contributed by atoms with van der Waals surface area (Å²) < 4.78 is 39.2. The first-order chi connectivity index (χ1) is 7.80. The van der Waals surface area contributed by atoms with Gasteiger partial charge in [0.25, 0.3) is 5.56 Å².